The lowest BCUT2D eigenvalue weighted by Gasteiger charge is -2.34. The maximum absolute atomic E-state index is 5.81. The monoisotopic (exact) mass is 346 g/mol. The Balaban J connectivity index is 2.06. The highest BCUT2D eigenvalue weighted by atomic mass is 79.9. The molecule has 3 N–H and O–H groups in total. The lowest BCUT2D eigenvalue weighted by Crippen LogP contribution is -2.55. The summed E-state index contributed by atoms with van der Waals surface area (Å²) in [6.07, 6.45) is 2.21. The lowest BCUT2D eigenvalue weighted by molar-refractivity contribution is 0.177. The molecule has 0 aromatic carbocycles. The zero-order valence-corrected chi connectivity index (χ0v) is 14.0. The molecule has 1 aliphatic rings. The maximum Gasteiger partial charge on any atom is 0.0426 e. The van der Waals surface area contributed by atoms with E-state index in [9.17, 15) is 0 Å². The molecule has 1 saturated heterocycles. The van der Waals surface area contributed by atoms with E-state index >= 15 is 0 Å². The zero-order valence-electron chi connectivity index (χ0n) is 11.6. The molecular formula is C13H23BrN4S. The minimum atomic E-state index is 0.288. The Bertz CT molecular complexity index is 398. The van der Waals surface area contributed by atoms with Crippen molar-refractivity contribution in [2.24, 2.45) is 5.84 Å². The summed E-state index contributed by atoms with van der Waals surface area (Å²) in [5, 5.41) is 2.13. The Morgan fingerprint density at radius 3 is 2.95 bits per heavy atom. The van der Waals surface area contributed by atoms with Crippen LogP contribution in [0.25, 0.3) is 0 Å². The van der Waals surface area contributed by atoms with Crippen molar-refractivity contribution in [3.05, 3.63) is 20.8 Å². The number of halogens is 1. The largest absolute Gasteiger partial charge is 0.305 e. The number of hydrogen-bond donors (Lipinski definition) is 2. The van der Waals surface area contributed by atoms with E-state index in [4.69, 9.17) is 5.84 Å². The first-order chi connectivity index (χ1) is 9.10. The van der Waals surface area contributed by atoms with Gasteiger partial charge in [-0.05, 0) is 55.6 Å². The van der Waals surface area contributed by atoms with Gasteiger partial charge in [0.25, 0.3) is 0 Å². The van der Waals surface area contributed by atoms with Crippen LogP contribution in [0.5, 0.6) is 0 Å². The van der Waals surface area contributed by atoms with Crippen LogP contribution >= 0.6 is 27.3 Å². The van der Waals surface area contributed by atoms with Gasteiger partial charge in [-0.1, -0.05) is 0 Å². The molecule has 0 bridgehead atoms. The Hall–Kier alpha value is 0.0200. The van der Waals surface area contributed by atoms with Crippen molar-refractivity contribution in [1.82, 2.24) is 15.2 Å². The molecule has 0 amide bonds. The summed E-state index contributed by atoms with van der Waals surface area (Å²) in [7, 11) is 4.40. The number of hydrazine groups is 1. The van der Waals surface area contributed by atoms with Crippen molar-refractivity contribution in [2.45, 2.75) is 24.9 Å². The van der Waals surface area contributed by atoms with Gasteiger partial charge >= 0.3 is 0 Å². The van der Waals surface area contributed by atoms with Crippen LogP contribution in [0.15, 0.2) is 15.9 Å². The summed E-state index contributed by atoms with van der Waals surface area (Å²) in [6, 6.07) is 2.93. The molecule has 2 unspecified atom stereocenters. The minimum Gasteiger partial charge on any atom is -0.305 e. The molecule has 0 saturated carbocycles. The molecule has 2 heterocycles. The van der Waals surface area contributed by atoms with Crippen molar-refractivity contribution in [3.8, 4) is 0 Å². The van der Waals surface area contributed by atoms with E-state index < -0.39 is 0 Å². The molecule has 0 aliphatic carbocycles. The summed E-state index contributed by atoms with van der Waals surface area (Å²) < 4.78 is 1.16. The number of hydrogen-bond acceptors (Lipinski definition) is 5. The third kappa shape index (κ3) is 4.24. The number of nitrogens with one attached hydrogen (secondary N) is 1. The van der Waals surface area contributed by atoms with Crippen LogP contribution < -0.4 is 11.3 Å². The van der Waals surface area contributed by atoms with E-state index in [2.05, 4.69) is 56.7 Å². The smallest absolute Gasteiger partial charge is 0.0426 e. The molecule has 1 aromatic heterocycles. The second kappa shape index (κ2) is 7.15. The zero-order chi connectivity index (χ0) is 13.8. The summed E-state index contributed by atoms with van der Waals surface area (Å²) in [6.45, 7) is 3.38. The van der Waals surface area contributed by atoms with Gasteiger partial charge in [-0.15, -0.1) is 11.3 Å². The molecule has 2 atom stereocenters. The Morgan fingerprint density at radius 1 is 1.53 bits per heavy atom. The van der Waals surface area contributed by atoms with Crippen molar-refractivity contribution < 1.29 is 0 Å². The topological polar surface area (TPSA) is 44.5 Å². The van der Waals surface area contributed by atoms with Crippen molar-refractivity contribution >= 4 is 27.3 Å². The van der Waals surface area contributed by atoms with Gasteiger partial charge in [-0.25, -0.2) is 0 Å². The summed E-state index contributed by atoms with van der Waals surface area (Å²) in [5.41, 5.74) is 3.03. The van der Waals surface area contributed by atoms with Gasteiger partial charge in [0.1, 0.15) is 0 Å². The van der Waals surface area contributed by atoms with Crippen LogP contribution in [0.3, 0.4) is 0 Å². The second-order valence-electron chi connectivity index (χ2n) is 5.37. The minimum absolute atomic E-state index is 0.288. The third-order valence-corrected chi connectivity index (χ3v) is 5.56. The highest BCUT2D eigenvalue weighted by molar-refractivity contribution is 9.10. The van der Waals surface area contributed by atoms with E-state index in [0.29, 0.717) is 6.04 Å². The van der Waals surface area contributed by atoms with Crippen LogP contribution in [0, 0.1) is 0 Å². The Morgan fingerprint density at radius 2 is 2.32 bits per heavy atom. The fourth-order valence-electron chi connectivity index (χ4n) is 2.72. The molecular weight excluding hydrogens is 324 g/mol. The first kappa shape index (κ1) is 15.4. The maximum atomic E-state index is 5.81. The average molecular weight is 347 g/mol. The predicted octanol–water partition coefficient (Wildman–Crippen LogP) is 1.52. The first-order valence-electron chi connectivity index (χ1n) is 6.68. The Labute approximate surface area is 128 Å². The number of rotatable bonds is 4. The molecule has 4 nitrogen and oxygen atoms in total. The van der Waals surface area contributed by atoms with Crippen LogP contribution in [-0.2, 0) is 6.42 Å². The molecule has 1 fully saturated rings. The molecule has 1 aliphatic heterocycles. The average Bonchev–Trinajstić information content (AvgIpc) is 2.70. The SMILES string of the molecule is CN1CCCN(C)C(C(Cc2cc(Br)cs2)NN)C1. The number of thiophene rings is 1. The van der Waals surface area contributed by atoms with E-state index in [1.165, 1.54) is 17.8 Å². The molecule has 2 rings (SSSR count). The van der Waals surface area contributed by atoms with Gasteiger partial charge in [0, 0.05) is 39.8 Å². The van der Waals surface area contributed by atoms with Crippen molar-refractivity contribution in [3.63, 3.8) is 0 Å². The van der Waals surface area contributed by atoms with Crippen LogP contribution in [-0.4, -0.2) is 55.6 Å². The first-order valence-corrected chi connectivity index (χ1v) is 8.35. The second-order valence-corrected chi connectivity index (χ2v) is 7.28. The van der Waals surface area contributed by atoms with Crippen LogP contribution in [0.2, 0.25) is 0 Å². The van der Waals surface area contributed by atoms with Gasteiger partial charge < -0.3 is 9.80 Å². The highest BCUT2D eigenvalue weighted by Gasteiger charge is 2.28. The molecule has 108 valence electrons. The standard InChI is InChI=1S/C13H23BrN4S/c1-17-4-3-5-18(2)13(8-17)12(16-15)7-11-6-10(14)9-19-11/h6,9,12-13,16H,3-5,7-8,15H2,1-2H3. The number of nitrogens with zero attached hydrogens (tertiary/aromatic N) is 2. The predicted molar refractivity (Wildman–Crippen MR) is 85.4 cm³/mol. The third-order valence-electron chi connectivity index (χ3n) is 3.84. The highest BCUT2D eigenvalue weighted by Crippen LogP contribution is 2.22. The fraction of sp³-hybridized carbons (Fsp3) is 0.692. The fourth-order valence-corrected chi connectivity index (χ4v) is 4.23. The summed E-state index contributed by atoms with van der Waals surface area (Å²) in [4.78, 5) is 6.22. The molecule has 6 heteroatoms. The van der Waals surface area contributed by atoms with Crippen LogP contribution in [0.1, 0.15) is 11.3 Å². The Kier molecular flexibility index (Phi) is 5.80. The van der Waals surface area contributed by atoms with Gasteiger partial charge in [0.15, 0.2) is 0 Å². The number of nitrogens with two attached hydrogens (primary N) is 1. The van der Waals surface area contributed by atoms with Gasteiger partial charge in [0.2, 0.25) is 0 Å². The quantitative estimate of drug-likeness (QED) is 0.640. The molecule has 0 radical (unpaired) electrons. The van der Waals surface area contributed by atoms with E-state index in [1.807, 2.05) is 0 Å². The lowest BCUT2D eigenvalue weighted by atomic mass is 10.0. The van der Waals surface area contributed by atoms with Crippen molar-refractivity contribution in [2.75, 3.05) is 33.7 Å². The molecule has 0 spiro atoms. The van der Waals surface area contributed by atoms with Gasteiger partial charge in [-0.2, -0.15) is 0 Å². The number of likely N-dealkylation sites (N-methyl/N-ethyl adjacent to an activating group) is 2. The molecule has 19 heavy (non-hydrogen) atoms. The van der Waals surface area contributed by atoms with E-state index in [0.717, 1.165) is 24.0 Å². The normalized spacial score (nSPS) is 24.3. The van der Waals surface area contributed by atoms with Gasteiger partial charge in [-0.3, -0.25) is 11.3 Å². The molecule has 1 aromatic rings. The van der Waals surface area contributed by atoms with E-state index in [1.54, 1.807) is 11.3 Å². The summed E-state index contributed by atoms with van der Waals surface area (Å²) >= 11 is 5.30. The van der Waals surface area contributed by atoms with E-state index in [-0.39, 0.29) is 6.04 Å². The van der Waals surface area contributed by atoms with Gasteiger partial charge in [0.05, 0.1) is 0 Å². The van der Waals surface area contributed by atoms with Crippen molar-refractivity contribution in [1.29, 1.82) is 0 Å². The summed E-state index contributed by atoms with van der Waals surface area (Å²) in [5.74, 6) is 5.81. The van der Waals surface area contributed by atoms with Crippen LogP contribution in [0.4, 0.5) is 0 Å².